The number of rotatable bonds is 5. The van der Waals surface area contributed by atoms with Gasteiger partial charge in [-0.3, -0.25) is 9.48 Å². The molecule has 1 aromatic carbocycles. The highest BCUT2D eigenvalue weighted by molar-refractivity contribution is 5.89. The zero-order chi connectivity index (χ0) is 14.7. The van der Waals surface area contributed by atoms with E-state index in [1.165, 1.54) is 0 Å². The summed E-state index contributed by atoms with van der Waals surface area (Å²) in [5.74, 6) is 0.691. The fourth-order valence-electron chi connectivity index (χ4n) is 2.58. The molecule has 4 heteroatoms. The van der Waals surface area contributed by atoms with Gasteiger partial charge in [-0.1, -0.05) is 13.8 Å². The topological polar surface area (TPSA) is 44.1 Å². The molecule has 0 saturated heterocycles. The van der Waals surface area contributed by atoms with Gasteiger partial charge in [0.25, 0.3) is 0 Å². The minimum Gasteiger partial charge on any atom is -0.497 e. The summed E-state index contributed by atoms with van der Waals surface area (Å²) in [6.07, 6.45) is 2.60. The Morgan fingerprint density at radius 2 is 2.05 bits per heavy atom. The van der Waals surface area contributed by atoms with Gasteiger partial charge >= 0.3 is 0 Å². The lowest BCUT2D eigenvalue weighted by atomic mass is 9.96. The van der Waals surface area contributed by atoms with Gasteiger partial charge in [-0.05, 0) is 36.6 Å². The van der Waals surface area contributed by atoms with Crippen molar-refractivity contribution in [1.29, 1.82) is 0 Å². The zero-order valence-electron chi connectivity index (χ0n) is 12.4. The van der Waals surface area contributed by atoms with Gasteiger partial charge in [0.2, 0.25) is 0 Å². The number of aromatic nitrogens is 2. The first-order chi connectivity index (χ1) is 9.65. The van der Waals surface area contributed by atoms with Crippen molar-refractivity contribution >= 4 is 6.29 Å². The van der Waals surface area contributed by atoms with Gasteiger partial charge in [-0.2, -0.15) is 5.10 Å². The summed E-state index contributed by atoms with van der Waals surface area (Å²) in [6, 6.07) is 5.60. The van der Waals surface area contributed by atoms with Crippen molar-refractivity contribution in [2.75, 3.05) is 7.11 Å². The van der Waals surface area contributed by atoms with Gasteiger partial charge in [-0.15, -0.1) is 0 Å². The van der Waals surface area contributed by atoms with Crippen molar-refractivity contribution in [2.45, 2.75) is 26.7 Å². The third-order valence-corrected chi connectivity index (χ3v) is 3.56. The highest BCUT2D eigenvalue weighted by Crippen LogP contribution is 2.32. The summed E-state index contributed by atoms with van der Waals surface area (Å²) < 4.78 is 7.10. The molecule has 0 atom stereocenters. The summed E-state index contributed by atoms with van der Waals surface area (Å²) in [7, 11) is 3.55. The van der Waals surface area contributed by atoms with Crippen LogP contribution in [0, 0.1) is 0 Å². The molecule has 1 aromatic heterocycles. The van der Waals surface area contributed by atoms with Crippen LogP contribution in [0.5, 0.6) is 5.75 Å². The number of methoxy groups -OCH3 is 1. The quantitative estimate of drug-likeness (QED) is 0.786. The molecule has 20 heavy (non-hydrogen) atoms. The van der Waals surface area contributed by atoms with E-state index in [0.717, 1.165) is 41.6 Å². The minimum absolute atomic E-state index is 0.641. The van der Waals surface area contributed by atoms with E-state index in [2.05, 4.69) is 18.9 Å². The number of hydrogen-bond donors (Lipinski definition) is 0. The second-order valence-corrected chi connectivity index (χ2v) is 4.67. The maximum atomic E-state index is 11.4. The van der Waals surface area contributed by atoms with Crippen LogP contribution in [0.25, 0.3) is 11.1 Å². The first kappa shape index (κ1) is 14.3. The van der Waals surface area contributed by atoms with Gasteiger partial charge in [0.1, 0.15) is 5.75 Å². The molecule has 0 saturated carbocycles. The van der Waals surface area contributed by atoms with Crippen molar-refractivity contribution in [3.63, 3.8) is 0 Å². The molecule has 0 amide bonds. The van der Waals surface area contributed by atoms with E-state index in [0.29, 0.717) is 11.3 Å². The van der Waals surface area contributed by atoms with Crippen molar-refractivity contribution in [2.24, 2.45) is 7.05 Å². The Morgan fingerprint density at radius 1 is 1.30 bits per heavy atom. The maximum Gasteiger partial charge on any atom is 0.150 e. The summed E-state index contributed by atoms with van der Waals surface area (Å²) in [6.45, 7) is 4.18. The van der Waals surface area contributed by atoms with Crippen LogP contribution in [0.1, 0.15) is 35.6 Å². The first-order valence-electron chi connectivity index (χ1n) is 6.84. The fourth-order valence-corrected chi connectivity index (χ4v) is 2.58. The van der Waals surface area contributed by atoms with E-state index < -0.39 is 0 Å². The average molecular weight is 272 g/mol. The number of carbonyl (C=O) groups is 1. The molecule has 0 bridgehead atoms. The predicted molar refractivity (Wildman–Crippen MR) is 79.3 cm³/mol. The number of benzene rings is 1. The van der Waals surface area contributed by atoms with Crippen LogP contribution >= 0.6 is 0 Å². The lowest BCUT2D eigenvalue weighted by Crippen LogP contribution is -1.98. The lowest BCUT2D eigenvalue weighted by molar-refractivity contribution is 0.112. The number of carbonyl (C=O) groups excluding carboxylic acids is 1. The van der Waals surface area contributed by atoms with Crippen molar-refractivity contribution < 1.29 is 9.53 Å². The SMILES string of the molecule is CCc1nn(C)c(CC)c1-c1ccc(OC)cc1C=O. The Kier molecular flexibility index (Phi) is 4.23. The van der Waals surface area contributed by atoms with Gasteiger partial charge in [0.15, 0.2) is 6.29 Å². The van der Waals surface area contributed by atoms with E-state index in [1.807, 2.05) is 23.9 Å². The van der Waals surface area contributed by atoms with Gasteiger partial charge in [0.05, 0.1) is 12.8 Å². The maximum absolute atomic E-state index is 11.4. The number of aldehydes is 1. The van der Waals surface area contributed by atoms with E-state index in [1.54, 1.807) is 13.2 Å². The fraction of sp³-hybridized carbons (Fsp3) is 0.375. The summed E-state index contributed by atoms with van der Waals surface area (Å²) >= 11 is 0. The Morgan fingerprint density at radius 3 is 2.60 bits per heavy atom. The third-order valence-electron chi connectivity index (χ3n) is 3.56. The smallest absolute Gasteiger partial charge is 0.150 e. The second-order valence-electron chi connectivity index (χ2n) is 4.67. The molecule has 2 aromatic rings. The molecule has 0 aliphatic heterocycles. The van der Waals surface area contributed by atoms with Crippen molar-refractivity contribution in [3.05, 3.63) is 35.2 Å². The van der Waals surface area contributed by atoms with Gasteiger partial charge in [0, 0.05) is 23.9 Å². The van der Waals surface area contributed by atoms with E-state index >= 15 is 0 Å². The van der Waals surface area contributed by atoms with Crippen LogP contribution < -0.4 is 4.74 Å². The molecule has 0 aliphatic carbocycles. The first-order valence-corrected chi connectivity index (χ1v) is 6.84. The van der Waals surface area contributed by atoms with Gasteiger partial charge in [-0.25, -0.2) is 0 Å². The van der Waals surface area contributed by atoms with E-state index in [-0.39, 0.29) is 0 Å². The number of aryl methyl sites for hydroxylation is 2. The Labute approximate surface area is 119 Å². The molecule has 106 valence electrons. The zero-order valence-corrected chi connectivity index (χ0v) is 12.4. The molecule has 0 fully saturated rings. The highest BCUT2D eigenvalue weighted by atomic mass is 16.5. The molecule has 1 heterocycles. The molecule has 0 radical (unpaired) electrons. The number of hydrogen-bond acceptors (Lipinski definition) is 3. The van der Waals surface area contributed by atoms with Gasteiger partial charge < -0.3 is 4.74 Å². The average Bonchev–Trinajstić information content (AvgIpc) is 2.81. The second kappa shape index (κ2) is 5.90. The molecule has 4 nitrogen and oxygen atoms in total. The Bertz CT molecular complexity index is 630. The number of nitrogens with zero attached hydrogens (tertiary/aromatic N) is 2. The van der Waals surface area contributed by atoms with Crippen LogP contribution in [-0.4, -0.2) is 23.2 Å². The summed E-state index contributed by atoms with van der Waals surface area (Å²) in [4.78, 5) is 11.4. The van der Waals surface area contributed by atoms with E-state index in [4.69, 9.17) is 4.74 Å². The lowest BCUT2D eigenvalue weighted by Gasteiger charge is -2.09. The summed E-state index contributed by atoms with van der Waals surface area (Å²) in [5, 5.41) is 4.56. The Hall–Kier alpha value is -2.10. The number of ether oxygens (including phenoxy) is 1. The molecular formula is C16H20N2O2. The Balaban J connectivity index is 2.70. The monoisotopic (exact) mass is 272 g/mol. The molecule has 2 rings (SSSR count). The van der Waals surface area contributed by atoms with Crippen LogP contribution in [0.2, 0.25) is 0 Å². The summed E-state index contributed by atoms with van der Waals surface area (Å²) in [5.41, 5.74) is 4.83. The third kappa shape index (κ3) is 2.33. The molecule has 0 N–H and O–H groups in total. The normalized spacial score (nSPS) is 10.6. The molecule has 0 aliphatic rings. The highest BCUT2D eigenvalue weighted by Gasteiger charge is 2.18. The van der Waals surface area contributed by atoms with Crippen LogP contribution in [0.15, 0.2) is 18.2 Å². The molecular weight excluding hydrogens is 252 g/mol. The van der Waals surface area contributed by atoms with Crippen LogP contribution in [0.4, 0.5) is 0 Å². The van der Waals surface area contributed by atoms with Crippen molar-refractivity contribution in [1.82, 2.24) is 9.78 Å². The standard InChI is InChI=1S/C16H20N2O2/c1-5-14-16(15(6-2)18(3)17-14)13-8-7-12(20-4)9-11(13)10-19/h7-10H,5-6H2,1-4H3. The van der Waals surface area contributed by atoms with Crippen molar-refractivity contribution in [3.8, 4) is 16.9 Å². The molecule has 0 spiro atoms. The minimum atomic E-state index is 0.641. The predicted octanol–water partition coefficient (Wildman–Crippen LogP) is 3.03. The van der Waals surface area contributed by atoms with E-state index in [9.17, 15) is 4.79 Å². The largest absolute Gasteiger partial charge is 0.497 e. The van der Waals surface area contributed by atoms with Crippen LogP contribution in [-0.2, 0) is 19.9 Å². The van der Waals surface area contributed by atoms with Crippen LogP contribution in [0.3, 0.4) is 0 Å². The molecule has 0 unspecified atom stereocenters.